The monoisotopic (exact) mass is 258 g/mol. The highest BCUT2D eigenvalue weighted by molar-refractivity contribution is 5.83. The normalized spacial score (nSPS) is 19.6. The lowest BCUT2D eigenvalue weighted by atomic mass is 9.62. The van der Waals surface area contributed by atoms with Gasteiger partial charge in [-0.15, -0.1) is 0 Å². The number of nitrogens with one attached hydrogen (secondary N) is 1. The van der Waals surface area contributed by atoms with Gasteiger partial charge in [0.15, 0.2) is 0 Å². The molecule has 1 fully saturated rings. The summed E-state index contributed by atoms with van der Waals surface area (Å²) in [5.74, 6) is 0. The lowest BCUT2D eigenvalue weighted by molar-refractivity contribution is -0.0302. The smallest absolute Gasteiger partial charge is 0.0505 e. The van der Waals surface area contributed by atoms with Crippen molar-refractivity contribution >= 4 is 10.9 Å². The first-order chi connectivity index (χ1) is 9.18. The minimum absolute atomic E-state index is 0.0362. The summed E-state index contributed by atoms with van der Waals surface area (Å²) >= 11 is 0. The van der Waals surface area contributed by atoms with E-state index in [0.717, 1.165) is 12.8 Å². The van der Waals surface area contributed by atoms with Crippen LogP contribution in [0, 0.1) is 5.41 Å². The van der Waals surface area contributed by atoms with Crippen molar-refractivity contribution in [1.82, 2.24) is 9.88 Å². The van der Waals surface area contributed by atoms with Crippen LogP contribution in [0.5, 0.6) is 0 Å². The van der Waals surface area contributed by atoms with E-state index in [0.29, 0.717) is 0 Å². The van der Waals surface area contributed by atoms with Crippen molar-refractivity contribution in [2.45, 2.75) is 25.3 Å². The summed E-state index contributed by atoms with van der Waals surface area (Å²) in [6.07, 6.45) is 5.58. The molecule has 0 radical (unpaired) electrons. The number of fused-ring (bicyclic) bond motifs is 1. The van der Waals surface area contributed by atoms with Gasteiger partial charge in [-0.1, -0.05) is 24.6 Å². The third-order valence-electron chi connectivity index (χ3n) is 4.68. The fraction of sp³-hybridized carbons (Fsp3) is 0.500. The molecule has 0 bridgehead atoms. The first kappa shape index (κ1) is 12.7. The lowest BCUT2D eigenvalue weighted by Gasteiger charge is -2.49. The molecule has 3 nitrogen and oxygen atoms in total. The molecule has 0 saturated heterocycles. The van der Waals surface area contributed by atoms with Crippen molar-refractivity contribution < 1.29 is 5.11 Å². The number of nitrogens with zero attached hydrogens (tertiary/aromatic N) is 1. The predicted octanol–water partition coefficient (Wildman–Crippen LogP) is 2.93. The number of aromatic amines is 1. The van der Waals surface area contributed by atoms with Gasteiger partial charge in [-0.3, -0.25) is 0 Å². The SMILES string of the molecule is CN(C)C(c1c[nH]c2ccccc12)C1(CO)CCC1. The Morgan fingerprint density at radius 3 is 2.63 bits per heavy atom. The maximum Gasteiger partial charge on any atom is 0.0505 e. The van der Waals surface area contributed by atoms with E-state index in [2.05, 4.69) is 54.4 Å². The summed E-state index contributed by atoms with van der Waals surface area (Å²) in [4.78, 5) is 5.61. The molecule has 19 heavy (non-hydrogen) atoms. The molecule has 1 aromatic heterocycles. The Morgan fingerprint density at radius 2 is 2.05 bits per heavy atom. The van der Waals surface area contributed by atoms with Crippen molar-refractivity contribution in [3.8, 4) is 0 Å². The predicted molar refractivity (Wildman–Crippen MR) is 78.1 cm³/mol. The first-order valence-corrected chi connectivity index (χ1v) is 7.01. The average molecular weight is 258 g/mol. The fourth-order valence-corrected chi connectivity index (χ4v) is 3.62. The molecular weight excluding hydrogens is 236 g/mol. The van der Waals surface area contributed by atoms with Crippen LogP contribution in [0.25, 0.3) is 10.9 Å². The summed E-state index contributed by atoms with van der Waals surface area (Å²) in [5.41, 5.74) is 2.53. The van der Waals surface area contributed by atoms with Gasteiger partial charge >= 0.3 is 0 Å². The largest absolute Gasteiger partial charge is 0.396 e. The van der Waals surface area contributed by atoms with Gasteiger partial charge in [0.2, 0.25) is 0 Å². The van der Waals surface area contributed by atoms with Crippen LogP contribution >= 0.6 is 0 Å². The number of rotatable bonds is 4. The number of H-pyrrole nitrogens is 1. The number of aromatic nitrogens is 1. The minimum Gasteiger partial charge on any atom is -0.396 e. The Labute approximate surface area is 114 Å². The standard InChI is InChI=1S/C16H22N2O/c1-18(2)15(16(11-19)8-5-9-16)13-10-17-14-7-4-3-6-12(13)14/h3-4,6-7,10,15,17,19H,5,8-9,11H2,1-2H3. The molecule has 3 heteroatoms. The molecule has 2 N–H and O–H groups in total. The van der Waals surface area contributed by atoms with E-state index in [1.54, 1.807) is 0 Å². The number of hydrogen-bond acceptors (Lipinski definition) is 2. The molecule has 1 atom stereocenters. The molecule has 0 aliphatic heterocycles. The number of hydrogen-bond donors (Lipinski definition) is 2. The first-order valence-electron chi connectivity index (χ1n) is 7.01. The van der Waals surface area contributed by atoms with E-state index >= 15 is 0 Å². The van der Waals surface area contributed by atoms with Crippen molar-refractivity contribution in [1.29, 1.82) is 0 Å². The molecule has 1 saturated carbocycles. The quantitative estimate of drug-likeness (QED) is 0.885. The molecule has 2 aromatic rings. The van der Waals surface area contributed by atoms with Gasteiger partial charge in [-0.05, 0) is 38.6 Å². The van der Waals surface area contributed by atoms with Crippen LogP contribution in [0.1, 0.15) is 30.9 Å². The van der Waals surface area contributed by atoms with Gasteiger partial charge in [0.05, 0.1) is 6.61 Å². The van der Waals surface area contributed by atoms with Crippen molar-refractivity contribution in [2.24, 2.45) is 5.41 Å². The summed E-state index contributed by atoms with van der Waals surface area (Å²) < 4.78 is 0. The zero-order valence-electron chi connectivity index (χ0n) is 11.7. The summed E-state index contributed by atoms with van der Waals surface area (Å²) in [6, 6.07) is 8.69. The van der Waals surface area contributed by atoms with E-state index in [1.807, 2.05) is 0 Å². The Morgan fingerprint density at radius 1 is 1.32 bits per heavy atom. The van der Waals surface area contributed by atoms with Crippen molar-refractivity contribution in [3.05, 3.63) is 36.0 Å². The van der Waals surface area contributed by atoms with Crippen molar-refractivity contribution in [3.63, 3.8) is 0 Å². The van der Waals surface area contributed by atoms with Gasteiger partial charge in [0.1, 0.15) is 0 Å². The molecule has 3 rings (SSSR count). The molecule has 0 amide bonds. The average Bonchev–Trinajstić information content (AvgIpc) is 2.77. The van der Waals surface area contributed by atoms with E-state index in [-0.39, 0.29) is 18.1 Å². The molecule has 102 valence electrons. The molecule has 1 unspecified atom stereocenters. The molecule has 0 spiro atoms. The Hall–Kier alpha value is -1.32. The summed E-state index contributed by atoms with van der Waals surface area (Å²) in [5, 5.41) is 11.2. The van der Waals surface area contributed by atoms with E-state index in [9.17, 15) is 5.11 Å². The van der Waals surface area contributed by atoms with Crippen LogP contribution in [0.4, 0.5) is 0 Å². The van der Waals surface area contributed by atoms with Gasteiger partial charge < -0.3 is 15.0 Å². The van der Waals surface area contributed by atoms with Crippen LogP contribution in [0.15, 0.2) is 30.5 Å². The summed E-state index contributed by atoms with van der Waals surface area (Å²) in [7, 11) is 4.23. The van der Waals surface area contributed by atoms with Gasteiger partial charge in [-0.2, -0.15) is 0 Å². The molecule has 1 aliphatic rings. The van der Waals surface area contributed by atoms with Gasteiger partial charge in [0, 0.05) is 28.6 Å². The zero-order chi connectivity index (χ0) is 13.5. The molecule has 1 aliphatic carbocycles. The second kappa shape index (κ2) is 4.66. The highest BCUT2D eigenvalue weighted by Crippen LogP contribution is 2.52. The van der Waals surface area contributed by atoms with Crippen LogP contribution < -0.4 is 0 Å². The molecule has 1 aromatic carbocycles. The zero-order valence-corrected chi connectivity index (χ0v) is 11.7. The Bertz CT molecular complexity index is 563. The van der Waals surface area contributed by atoms with Crippen molar-refractivity contribution in [2.75, 3.05) is 20.7 Å². The number of aliphatic hydroxyl groups excluding tert-OH is 1. The summed E-state index contributed by atoms with van der Waals surface area (Å²) in [6.45, 7) is 0.273. The van der Waals surface area contributed by atoms with E-state index in [1.165, 1.54) is 22.9 Å². The Balaban J connectivity index is 2.10. The lowest BCUT2D eigenvalue weighted by Crippen LogP contribution is -2.45. The van der Waals surface area contributed by atoms with Gasteiger partial charge in [0.25, 0.3) is 0 Å². The highest BCUT2D eigenvalue weighted by atomic mass is 16.3. The molecule has 1 heterocycles. The topological polar surface area (TPSA) is 39.3 Å². The number of benzene rings is 1. The maximum absolute atomic E-state index is 9.89. The second-order valence-corrected chi connectivity index (χ2v) is 6.03. The van der Waals surface area contributed by atoms with Crippen LogP contribution in [0.3, 0.4) is 0 Å². The third kappa shape index (κ3) is 1.88. The van der Waals surface area contributed by atoms with E-state index in [4.69, 9.17) is 0 Å². The van der Waals surface area contributed by atoms with Crippen LogP contribution in [-0.4, -0.2) is 35.7 Å². The highest BCUT2D eigenvalue weighted by Gasteiger charge is 2.46. The van der Waals surface area contributed by atoms with Gasteiger partial charge in [-0.25, -0.2) is 0 Å². The molecular formula is C16H22N2O. The fourth-order valence-electron chi connectivity index (χ4n) is 3.62. The van der Waals surface area contributed by atoms with Crippen LogP contribution in [0.2, 0.25) is 0 Å². The van der Waals surface area contributed by atoms with Crippen LogP contribution in [-0.2, 0) is 0 Å². The number of para-hydroxylation sites is 1. The third-order valence-corrected chi connectivity index (χ3v) is 4.68. The van der Waals surface area contributed by atoms with E-state index < -0.39 is 0 Å². The maximum atomic E-state index is 9.89. The Kier molecular flexibility index (Phi) is 3.11. The minimum atomic E-state index is 0.0362. The second-order valence-electron chi connectivity index (χ2n) is 6.03. The number of aliphatic hydroxyl groups is 1.